The summed E-state index contributed by atoms with van der Waals surface area (Å²) in [7, 11) is 0. The predicted octanol–water partition coefficient (Wildman–Crippen LogP) is 2.78. The van der Waals surface area contributed by atoms with Crippen LogP contribution in [0.4, 0.5) is 0 Å². The summed E-state index contributed by atoms with van der Waals surface area (Å²) in [6, 6.07) is 4.07. The van der Waals surface area contributed by atoms with Gasteiger partial charge in [0.25, 0.3) is 0 Å². The van der Waals surface area contributed by atoms with Crippen LogP contribution in [0.5, 0.6) is 0 Å². The molecule has 3 nitrogen and oxygen atoms in total. The summed E-state index contributed by atoms with van der Waals surface area (Å²) in [5, 5.41) is 0. The van der Waals surface area contributed by atoms with E-state index in [0.717, 1.165) is 19.4 Å². The van der Waals surface area contributed by atoms with Crippen molar-refractivity contribution >= 4 is 5.97 Å². The van der Waals surface area contributed by atoms with E-state index in [0.29, 0.717) is 6.61 Å². The van der Waals surface area contributed by atoms with Crippen molar-refractivity contribution in [2.24, 2.45) is 0 Å². The molecule has 0 aliphatic heterocycles. The summed E-state index contributed by atoms with van der Waals surface area (Å²) in [4.78, 5) is 10.7. The Morgan fingerprint density at radius 2 is 1.88 bits per heavy atom. The van der Waals surface area contributed by atoms with Crippen LogP contribution in [-0.4, -0.2) is 17.1 Å². The molecule has 1 aromatic heterocycles. The third-order valence-corrected chi connectivity index (χ3v) is 2.39. The van der Waals surface area contributed by atoms with Crippen LogP contribution in [0, 0.1) is 0 Å². The Hall–Kier alpha value is -1.51. The van der Waals surface area contributed by atoms with Gasteiger partial charge < -0.3 is 9.30 Å². The van der Waals surface area contributed by atoms with Gasteiger partial charge in [0, 0.05) is 25.0 Å². The van der Waals surface area contributed by atoms with Crippen molar-refractivity contribution in [1.82, 2.24) is 4.57 Å². The molecule has 1 heterocycles. The summed E-state index contributed by atoms with van der Waals surface area (Å²) >= 11 is 0. The van der Waals surface area contributed by atoms with Gasteiger partial charge in [0.15, 0.2) is 0 Å². The predicted molar refractivity (Wildman–Crippen MR) is 64.1 cm³/mol. The van der Waals surface area contributed by atoms with Crippen molar-refractivity contribution in [1.29, 1.82) is 0 Å². The van der Waals surface area contributed by atoms with Crippen molar-refractivity contribution in [3.05, 3.63) is 37.2 Å². The van der Waals surface area contributed by atoms with E-state index in [1.165, 1.54) is 18.9 Å². The van der Waals surface area contributed by atoms with Crippen LogP contribution in [0.2, 0.25) is 0 Å². The minimum absolute atomic E-state index is 0.327. The molecule has 0 unspecified atom stereocenters. The number of hydrogen-bond donors (Lipinski definition) is 0. The van der Waals surface area contributed by atoms with E-state index in [9.17, 15) is 4.79 Å². The first-order chi connectivity index (χ1) is 7.83. The Morgan fingerprint density at radius 3 is 2.56 bits per heavy atom. The second-order valence-corrected chi connectivity index (χ2v) is 3.71. The zero-order chi connectivity index (χ0) is 11.6. The maximum absolute atomic E-state index is 10.7. The lowest BCUT2D eigenvalue weighted by Crippen LogP contribution is -2.01. The number of carbonyl (C=O) groups excluding carboxylic acids is 1. The molecule has 0 amide bonds. The number of ether oxygens (including phenoxy) is 1. The Balaban J connectivity index is 1.89. The zero-order valence-electron chi connectivity index (χ0n) is 9.60. The van der Waals surface area contributed by atoms with Crippen molar-refractivity contribution < 1.29 is 9.53 Å². The standard InChI is InChI=1S/C13H19NO2/c1-2-13(15)16-12-8-4-3-5-9-14-10-6-7-11-14/h2,6-7,10-11H,1,3-5,8-9,12H2. The second-order valence-electron chi connectivity index (χ2n) is 3.71. The fourth-order valence-electron chi connectivity index (χ4n) is 1.50. The highest BCUT2D eigenvalue weighted by Gasteiger charge is 1.95. The molecule has 0 radical (unpaired) electrons. The van der Waals surface area contributed by atoms with E-state index in [1.807, 2.05) is 12.1 Å². The number of nitrogens with zero attached hydrogens (tertiary/aromatic N) is 1. The lowest BCUT2D eigenvalue weighted by Gasteiger charge is -2.03. The first kappa shape index (κ1) is 12.6. The molecule has 88 valence electrons. The SMILES string of the molecule is C=CC(=O)OCCCCCCn1cccc1. The molecule has 0 saturated heterocycles. The number of aromatic nitrogens is 1. The molecule has 0 saturated carbocycles. The smallest absolute Gasteiger partial charge is 0.330 e. The van der Waals surface area contributed by atoms with Crippen LogP contribution in [0.25, 0.3) is 0 Å². The lowest BCUT2D eigenvalue weighted by molar-refractivity contribution is -0.137. The lowest BCUT2D eigenvalue weighted by atomic mass is 10.2. The normalized spacial score (nSPS) is 10.0. The van der Waals surface area contributed by atoms with Gasteiger partial charge in [-0.3, -0.25) is 0 Å². The van der Waals surface area contributed by atoms with E-state index in [2.05, 4.69) is 23.5 Å². The monoisotopic (exact) mass is 221 g/mol. The van der Waals surface area contributed by atoms with Crippen LogP contribution in [0.15, 0.2) is 37.2 Å². The third kappa shape index (κ3) is 5.39. The zero-order valence-corrected chi connectivity index (χ0v) is 9.60. The number of hydrogen-bond acceptors (Lipinski definition) is 2. The number of aryl methyl sites for hydroxylation is 1. The van der Waals surface area contributed by atoms with Crippen molar-refractivity contribution in [3.63, 3.8) is 0 Å². The van der Waals surface area contributed by atoms with Crippen LogP contribution in [0.1, 0.15) is 25.7 Å². The van der Waals surface area contributed by atoms with Gasteiger partial charge in [-0.15, -0.1) is 0 Å². The molecule has 3 heteroatoms. The Morgan fingerprint density at radius 1 is 1.19 bits per heavy atom. The summed E-state index contributed by atoms with van der Waals surface area (Å²) in [5.41, 5.74) is 0. The van der Waals surface area contributed by atoms with Crippen LogP contribution >= 0.6 is 0 Å². The first-order valence-electron chi connectivity index (χ1n) is 5.73. The largest absolute Gasteiger partial charge is 0.463 e. The molecule has 0 atom stereocenters. The fraction of sp³-hybridized carbons (Fsp3) is 0.462. The van der Waals surface area contributed by atoms with E-state index < -0.39 is 0 Å². The molecule has 0 aromatic carbocycles. The topological polar surface area (TPSA) is 31.2 Å². The number of carbonyl (C=O) groups is 1. The molecular formula is C13H19NO2. The number of unbranched alkanes of at least 4 members (excludes halogenated alkanes) is 3. The van der Waals surface area contributed by atoms with Gasteiger partial charge in [-0.1, -0.05) is 13.0 Å². The molecule has 0 aliphatic rings. The molecule has 16 heavy (non-hydrogen) atoms. The van der Waals surface area contributed by atoms with Gasteiger partial charge in [0.1, 0.15) is 0 Å². The highest BCUT2D eigenvalue weighted by molar-refractivity contribution is 5.81. The molecule has 1 aromatic rings. The number of esters is 1. The van der Waals surface area contributed by atoms with Crippen LogP contribution in [-0.2, 0) is 16.1 Å². The van der Waals surface area contributed by atoms with Gasteiger partial charge in [-0.05, 0) is 31.4 Å². The van der Waals surface area contributed by atoms with Crippen molar-refractivity contribution in [2.75, 3.05) is 6.61 Å². The summed E-state index contributed by atoms with van der Waals surface area (Å²) in [5.74, 6) is -0.327. The molecular weight excluding hydrogens is 202 g/mol. The molecule has 1 rings (SSSR count). The van der Waals surface area contributed by atoms with Gasteiger partial charge in [-0.2, -0.15) is 0 Å². The molecule has 0 bridgehead atoms. The summed E-state index contributed by atoms with van der Waals surface area (Å²) in [6.07, 6.45) is 9.73. The Bertz CT molecular complexity index is 304. The minimum Gasteiger partial charge on any atom is -0.463 e. The summed E-state index contributed by atoms with van der Waals surface area (Å²) < 4.78 is 7.06. The van der Waals surface area contributed by atoms with Crippen molar-refractivity contribution in [3.8, 4) is 0 Å². The molecule has 0 spiro atoms. The fourth-order valence-corrected chi connectivity index (χ4v) is 1.50. The quantitative estimate of drug-likeness (QED) is 0.384. The van der Waals surface area contributed by atoms with Gasteiger partial charge in [0.05, 0.1) is 6.61 Å². The van der Waals surface area contributed by atoms with E-state index in [4.69, 9.17) is 4.74 Å². The minimum atomic E-state index is -0.327. The Kier molecular flexibility index (Phi) is 6.07. The van der Waals surface area contributed by atoms with Gasteiger partial charge in [-0.25, -0.2) is 4.79 Å². The maximum Gasteiger partial charge on any atom is 0.330 e. The van der Waals surface area contributed by atoms with E-state index in [1.54, 1.807) is 0 Å². The number of rotatable bonds is 8. The third-order valence-electron chi connectivity index (χ3n) is 2.39. The van der Waals surface area contributed by atoms with Crippen molar-refractivity contribution in [2.45, 2.75) is 32.2 Å². The van der Waals surface area contributed by atoms with Gasteiger partial charge in [0.2, 0.25) is 0 Å². The Labute approximate surface area is 96.7 Å². The highest BCUT2D eigenvalue weighted by Crippen LogP contribution is 2.03. The van der Waals surface area contributed by atoms with Gasteiger partial charge >= 0.3 is 5.97 Å². The molecule has 0 N–H and O–H groups in total. The second kappa shape index (κ2) is 7.74. The van der Waals surface area contributed by atoms with E-state index in [-0.39, 0.29) is 5.97 Å². The average Bonchev–Trinajstić information content (AvgIpc) is 2.80. The van der Waals surface area contributed by atoms with Crippen LogP contribution in [0.3, 0.4) is 0 Å². The maximum atomic E-state index is 10.7. The summed E-state index contributed by atoms with van der Waals surface area (Å²) in [6.45, 7) is 4.92. The van der Waals surface area contributed by atoms with E-state index >= 15 is 0 Å². The average molecular weight is 221 g/mol. The van der Waals surface area contributed by atoms with Crippen LogP contribution < -0.4 is 0 Å². The first-order valence-corrected chi connectivity index (χ1v) is 5.73. The highest BCUT2D eigenvalue weighted by atomic mass is 16.5. The molecule has 0 fully saturated rings. The molecule has 0 aliphatic carbocycles.